The standard InChI is InChI=1S/C14H23N3O2S/c1-11-5-3-4-6-12(11)9-17-20(18,19)14-10-16-8-7-13(14)15-2/h7-8,10-12,17H,3-6,9H2,1-2H3,(H,15,16). The van der Waals surface area contributed by atoms with Crippen molar-refractivity contribution in [1.82, 2.24) is 9.71 Å². The topological polar surface area (TPSA) is 71.1 Å². The van der Waals surface area contributed by atoms with Gasteiger partial charge in [0.15, 0.2) is 0 Å². The molecule has 0 bridgehead atoms. The second-order valence-corrected chi connectivity index (χ2v) is 7.23. The molecule has 2 N–H and O–H groups in total. The van der Waals surface area contributed by atoms with E-state index in [1.807, 2.05) is 0 Å². The van der Waals surface area contributed by atoms with Crippen LogP contribution in [0.4, 0.5) is 5.69 Å². The molecule has 6 heteroatoms. The zero-order valence-corrected chi connectivity index (χ0v) is 12.9. The van der Waals surface area contributed by atoms with Crippen LogP contribution in [0, 0.1) is 11.8 Å². The van der Waals surface area contributed by atoms with Crippen molar-refractivity contribution >= 4 is 15.7 Å². The van der Waals surface area contributed by atoms with Gasteiger partial charge in [0.05, 0.1) is 5.69 Å². The summed E-state index contributed by atoms with van der Waals surface area (Å²) in [4.78, 5) is 4.12. The normalized spacial score (nSPS) is 23.5. The molecule has 0 aliphatic heterocycles. The van der Waals surface area contributed by atoms with Crippen LogP contribution in [0.15, 0.2) is 23.4 Å². The summed E-state index contributed by atoms with van der Waals surface area (Å²) in [5.41, 5.74) is 0.573. The van der Waals surface area contributed by atoms with Crippen molar-refractivity contribution in [2.45, 2.75) is 37.5 Å². The molecule has 1 heterocycles. The van der Waals surface area contributed by atoms with Crippen molar-refractivity contribution in [2.75, 3.05) is 18.9 Å². The number of rotatable bonds is 5. The minimum Gasteiger partial charge on any atom is -0.387 e. The molecule has 2 unspecified atom stereocenters. The number of hydrogen-bond donors (Lipinski definition) is 2. The number of anilines is 1. The first kappa shape index (κ1) is 15.3. The van der Waals surface area contributed by atoms with E-state index in [9.17, 15) is 8.42 Å². The van der Waals surface area contributed by atoms with Gasteiger partial charge in [0.2, 0.25) is 10.0 Å². The fourth-order valence-electron chi connectivity index (χ4n) is 2.79. The highest BCUT2D eigenvalue weighted by atomic mass is 32.2. The van der Waals surface area contributed by atoms with Crippen LogP contribution < -0.4 is 10.0 Å². The van der Waals surface area contributed by atoms with Gasteiger partial charge in [0.25, 0.3) is 0 Å². The number of sulfonamides is 1. The number of aromatic nitrogens is 1. The molecule has 0 spiro atoms. The van der Waals surface area contributed by atoms with Gasteiger partial charge in [-0.2, -0.15) is 0 Å². The SMILES string of the molecule is CNc1ccncc1S(=O)(=O)NCC1CCCCC1C. The third-order valence-electron chi connectivity index (χ3n) is 4.17. The van der Waals surface area contributed by atoms with Crippen LogP contribution in [0.25, 0.3) is 0 Å². The van der Waals surface area contributed by atoms with Gasteiger partial charge in [-0.15, -0.1) is 0 Å². The molecule has 2 atom stereocenters. The van der Waals surface area contributed by atoms with Crippen LogP contribution in [0.3, 0.4) is 0 Å². The van der Waals surface area contributed by atoms with E-state index in [2.05, 4.69) is 21.9 Å². The smallest absolute Gasteiger partial charge is 0.244 e. The summed E-state index contributed by atoms with van der Waals surface area (Å²) in [6.45, 7) is 2.72. The first-order valence-corrected chi connectivity index (χ1v) is 8.64. The Kier molecular flexibility index (Phi) is 4.99. The van der Waals surface area contributed by atoms with Crippen LogP contribution in [-0.2, 0) is 10.0 Å². The van der Waals surface area contributed by atoms with Gasteiger partial charge < -0.3 is 5.32 Å². The van der Waals surface area contributed by atoms with E-state index >= 15 is 0 Å². The minimum absolute atomic E-state index is 0.214. The third kappa shape index (κ3) is 3.49. The Labute approximate surface area is 121 Å². The van der Waals surface area contributed by atoms with Crippen molar-refractivity contribution in [2.24, 2.45) is 11.8 Å². The van der Waals surface area contributed by atoms with E-state index in [1.165, 1.54) is 25.5 Å². The van der Waals surface area contributed by atoms with Gasteiger partial charge in [-0.05, 0) is 24.3 Å². The molecule has 112 valence electrons. The average molecular weight is 297 g/mol. The zero-order valence-electron chi connectivity index (χ0n) is 12.1. The van der Waals surface area contributed by atoms with Gasteiger partial charge in [0, 0.05) is 26.0 Å². The first-order chi connectivity index (χ1) is 9.54. The lowest BCUT2D eigenvalue weighted by Gasteiger charge is -2.28. The van der Waals surface area contributed by atoms with E-state index in [0.717, 1.165) is 6.42 Å². The van der Waals surface area contributed by atoms with E-state index in [-0.39, 0.29) is 4.90 Å². The minimum atomic E-state index is -3.50. The fourth-order valence-corrected chi connectivity index (χ4v) is 4.04. The maximum Gasteiger partial charge on any atom is 0.244 e. The molecule has 2 rings (SSSR count). The summed E-state index contributed by atoms with van der Waals surface area (Å²) in [5.74, 6) is 1.03. The van der Waals surface area contributed by atoms with Crippen LogP contribution in [0.1, 0.15) is 32.6 Å². The zero-order chi connectivity index (χ0) is 14.6. The predicted octanol–water partition coefficient (Wildman–Crippen LogP) is 2.23. The largest absolute Gasteiger partial charge is 0.387 e. The lowest BCUT2D eigenvalue weighted by atomic mass is 9.81. The fraction of sp³-hybridized carbons (Fsp3) is 0.643. The van der Waals surface area contributed by atoms with Crippen LogP contribution >= 0.6 is 0 Å². The molecule has 1 aromatic heterocycles. The molecule has 0 aromatic carbocycles. The molecule has 5 nitrogen and oxygen atoms in total. The van der Waals surface area contributed by atoms with Crippen molar-refractivity contribution in [3.05, 3.63) is 18.5 Å². The second kappa shape index (κ2) is 6.54. The molecule has 1 aliphatic carbocycles. The lowest BCUT2D eigenvalue weighted by Crippen LogP contribution is -2.33. The van der Waals surface area contributed by atoms with Crippen LogP contribution in [0.2, 0.25) is 0 Å². The monoisotopic (exact) mass is 297 g/mol. The van der Waals surface area contributed by atoms with Gasteiger partial charge >= 0.3 is 0 Å². The Morgan fingerprint density at radius 2 is 2.10 bits per heavy atom. The predicted molar refractivity (Wildman–Crippen MR) is 80.1 cm³/mol. The first-order valence-electron chi connectivity index (χ1n) is 7.16. The highest BCUT2D eigenvalue weighted by Crippen LogP contribution is 2.29. The van der Waals surface area contributed by atoms with Crippen molar-refractivity contribution in [1.29, 1.82) is 0 Å². The molecule has 0 radical (unpaired) electrons. The molecule has 1 saturated carbocycles. The van der Waals surface area contributed by atoms with E-state index in [4.69, 9.17) is 0 Å². The quantitative estimate of drug-likeness (QED) is 0.874. The average Bonchev–Trinajstić information content (AvgIpc) is 2.46. The molecular formula is C14H23N3O2S. The molecule has 20 heavy (non-hydrogen) atoms. The second-order valence-electron chi connectivity index (χ2n) is 5.50. The van der Waals surface area contributed by atoms with Crippen molar-refractivity contribution in [3.8, 4) is 0 Å². The summed E-state index contributed by atoms with van der Waals surface area (Å²) < 4.78 is 27.5. The van der Waals surface area contributed by atoms with Gasteiger partial charge in [0.1, 0.15) is 4.90 Å². The van der Waals surface area contributed by atoms with Gasteiger partial charge in [-0.1, -0.05) is 26.2 Å². The molecule has 1 aliphatic rings. The highest BCUT2D eigenvalue weighted by molar-refractivity contribution is 7.89. The summed E-state index contributed by atoms with van der Waals surface area (Å²) in [6, 6.07) is 1.66. The number of pyridine rings is 1. The third-order valence-corrected chi connectivity index (χ3v) is 5.62. The van der Waals surface area contributed by atoms with Crippen molar-refractivity contribution in [3.63, 3.8) is 0 Å². The number of nitrogens with one attached hydrogen (secondary N) is 2. The molecule has 1 fully saturated rings. The number of hydrogen-bond acceptors (Lipinski definition) is 4. The van der Waals surface area contributed by atoms with Crippen LogP contribution in [-0.4, -0.2) is 27.0 Å². The highest BCUT2D eigenvalue weighted by Gasteiger charge is 2.24. The summed E-state index contributed by atoms with van der Waals surface area (Å²) in [7, 11) is -1.79. The Balaban J connectivity index is 2.07. The van der Waals surface area contributed by atoms with Gasteiger partial charge in [-0.3, -0.25) is 4.98 Å². The Morgan fingerprint density at radius 3 is 2.80 bits per heavy atom. The summed E-state index contributed by atoms with van der Waals surface area (Å²) in [6.07, 6.45) is 7.73. The molecule has 1 aromatic rings. The lowest BCUT2D eigenvalue weighted by molar-refractivity contribution is 0.257. The van der Waals surface area contributed by atoms with Gasteiger partial charge in [-0.25, -0.2) is 13.1 Å². The maximum absolute atomic E-state index is 12.4. The Hall–Kier alpha value is -1.14. The van der Waals surface area contributed by atoms with E-state index in [0.29, 0.717) is 24.1 Å². The molecule has 0 saturated heterocycles. The van der Waals surface area contributed by atoms with Crippen LogP contribution in [0.5, 0.6) is 0 Å². The maximum atomic E-state index is 12.4. The summed E-state index contributed by atoms with van der Waals surface area (Å²) >= 11 is 0. The Bertz CT molecular complexity index is 545. The van der Waals surface area contributed by atoms with Crippen molar-refractivity contribution < 1.29 is 8.42 Å². The van der Waals surface area contributed by atoms with E-state index in [1.54, 1.807) is 19.3 Å². The molecule has 0 amide bonds. The summed E-state index contributed by atoms with van der Waals surface area (Å²) in [5, 5.41) is 2.89. The van der Waals surface area contributed by atoms with E-state index < -0.39 is 10.0 Å². The number of nitrogens with zero attached hydrogens (tertiary/aromatic N) is 1. The Morgan fingerprint density at radius 1 is 1.35 bits per heavy atom. The molecular weight excluding hydrogens is 274 g/mol.